The Kier molecular flexibility index (Phi) is 6.72. The van der Waals surface area contributed by atoms with Crippen LogP contribution < -0.4 is 14.4 Å². The minimum absolute atomic E-state index is 0.0661. The molecule has 3 aromatic rings. The highest BCUT2D eigenvalue weighted by molar-refractivity contribution is 7.10. The van der Waals surface area contributed by atoms with E-state index in [9.17, 15) is 14.7 Å². The number of hydrogen-bond acceptors (Lipinski definition) is 6. The van der Waals surface area contributed by atoms with Crippen LogP contribution in [0.2, 0.25) is 0 Å². The number of methoxy groups -OCH3 is 1. The molecule has 1 atom stereocenters. The Morgan fingerprint density at radius 2 is 1.80 bits per heavy atom. The lowest BCUT2D eigenvalue weighted by Gasteiger charge is -2.25. The second kappa shape index (κ2) is 9.58. The van der Waals surface area contributed by atoms with Gasteiger partial charge in [0, 0.05) is 21.7 Å². The van der Waals surface area contributed by atoms with Crippen LogP contribution in [0.1, 0.15) is 49.7 Å². The number of hydrogen-bond donors (Lipinski definition) is 1. The van der Waals surface area contributed by atoms with Crippen LogP contribution in [0.3, 0.4) is 0 Å². The maximum Gasteiger partial charge on any atom is 0.300 e. The number of Topliss-reactive ketones (excluding diaryl/α,β-unsaturated/α-hetero) is 1. The van der Waals surface area contributed by atoms with E-state index in [2.05, 4.69) is 0 Å². The Hall–Kier alpha value is -3.58. The number of aliphatic hydroxyl groups excluding tert-OH is 1. The van der Waals surface area contributed by atoms with Gasteiger partial charge in [-0.3, -0.25) is 14.5 Å². The predicted molar refractivity (Wildman–Crippen MR) is 138 cm³/mol. The van der Waals surface area contributed by atoms with Gasteiger partial charge >= 0.3 is 0 Å². The van der Waals surface area contributed by atoms with E-state index < -0.39 is 17.7 Å². The van der Waals surface area contributed by atoms with Gasteiger partial charge in [-0.25, -0.2) is 0 Å². The van der Waals surface area contributed by atoms with Gasteiger partial charge < -0.3 is 14.6 Å². The molecule has 1 N–H and O–H groups in total. The normalized spacial score (nSPS) is 17.6. The molecule has 182 valence electrons. The van der Waals surface area contributed by atoms with E-state index in [0.29, 0.717) is 29.4 Å². The van der Waals surface area contributed by atoms with Gasteiger partial charge in [0.05, 0.1) is 19.3 Å². The third kappa shape index (κ3) is 4.56. The Bertz CT molecular complexity index is 1270. The summed E-state index contributed by atoms with van der Waals surface area (Å²) in [7, 11) is 1.60. The largest absolute Gasteiger partial charge is 0.507 e. The molecule has 1 saturated heterocycles. The summed E-state index contributed by atoms with van der Waals surface area (Å²) in [4.78, 5) is 28.8. The molecule has 1 unspecified atom stereocenters. The molecule has 2 aromatic carbocycles. The first-order valence-corrected chi connectivity index (χ1v) is 12.3. The van der Waals surface area contributed by atoms with Crippen LogP contribution in [0, 0.1) is 0 Å². The third-order valence-corrected chi connectivity index (χ3v) is 6.89. The predicted octanol–water partition coefficient (Wildman–Crippen LogP) is 6.08. The lowest BCUT2D eigenvalue weighted by atomic mass is 9.84. The smallest absolute Gasteiger partial charge is 0.300 e. The summed E-state index contributed by atoms with van der Waals surface area (Å²) in [5.74, 6) is -0.239. The first-order chi connectivity index (χ1) is 16.7. The molecule has 6 nitrogen and oxygen atoms in total. The highest BCUT2D eigenvalue weighted by atomic mass is 32.1. The zero-order valence-electron chi connectivity index (χ0n) is 20.5. The Labute approximate surface area is 209 Å². The molecule has 1 aromatic heterocycles. The summed E-state index contributed by atoms with van der Waals surface area (Å²) in [5, 5.41) is 13.3. The lowest BCUT2D eigenvalue weighted by molar-refractivity contribution is -0.132. The van der Waals surface area contributed by atoms with Crippen LogP contribution in [-0.2, 0) is 15.0 Å². The topological polar surface area (TPSA) is 76.1 Å². The number of nitrogens with zero attached hydrogens (tertiary/aromatic N) is 1. The van der Waals surface area contributed by atoms with E-state index in [1.807, 2.05) is 51.3 Å². The average molecular weight is 492 g/mol. The van der Waals surface area contributed by atoms with Gasteiger partial charge in [0.25, 0.3) is 11.7 Å². The number of rotatable bonds is 6. The Morgan fingerprint density at radius 1 is 1.09 bits per heavy atom. The van der Waals surface area contributed by atoms with Crippen LogP contribution in [0.4, 0.5) is 5.69 Å². The summed E-state index contributed by atoms with van der Waals surface area (Å²) in [6.45, 7) is 8.56. The Balaban J connectivity index is 1.88. The molecule has 7 heteroatoms. The maximum absolute atomic E-state index is 13.3. The molecular formula is C28H29NO5S. The second-order valence-corrected chi connectivity index (χ2v) is 10.3. The second-order valence-electron chi connectivity index (χ2n) is 9.28. The molecule has 35 heavy (non-hydrogen) atoms. The SMILES string of the molecule is CCOc1ccc(N2C(=O)C(=O)/C(=C(\O)c3ccc(OC)c(C(C)(C)C)c3)C2c2cccs2)cc1. The van der Waals surface area contributed by atoms with Crippen molar-refractivity contribution in [1.82, 2.24) is 0 Å². The van der Waals surface area contributed by atoms with Crippen molar-refractivity contribution in [3.8, 4) is 11.5 Å². The number of amides is 1. The Morgan fingerprint density at radius 3 is 2.37 bits per heavy atom. The summed E-state index contributed by atoms with van der Waals surface area (Å²) >= 11 is 1.43. The molecule has 0 radical (unpaired) electrons. The van der Waals surface area contributed by atoms with Gasteiger partial charge in [-0.2, -0.15) is 0 Å². The molecular weight excluding hydrogens is 462 g/mol. The standard InChI is InChI=1S/C28H29NO5S/c1-6-34-19-12-10-18(11-13-19)29-24(22-8-7-15-35-22)23(26(31)27(29)32)25(30)17-9-14-21(33-5)20(16-17)28(2,3)4/h7-16,24,30H,6H2,1-5H3/b25-23-. The monoisotopic (exact) mass is 491 g/mol. The average Bonchev–Trinajstić information content (AvgIpc) is 3.45. The number of ketones is 1. The van der Waals surface area contributed by atoms with Crippen molar-refractivity contribution in [3.63, 3.8) is 0 Å². The van der Waals surface area contributed by atoms with Crippen molar-refractivity contribution in [1.29, 1.82) is 0 Å². The molecule has 0 aliphatic carbocycles. The minimum atomic E-state index is -0.742. The van der Waals surface area contributed by atoms with Gasteiger partial charge in [0.15, 0.2) is 0 Å². The fourth-order valence-electron chi connectivity index (χ4n) is 4.28. The molecule has 0 bridgehead atoms. The van der Waals surface area contributed by atoms with Crippen molar-refractivity contribution in [3.05, 3.63) is 81.6 Å². The molecule has 1 fully saturated rings. The van der Waals surface area contributed by atoms with Gasteiger partial charge in [0.1, 0.15) is 23.3 Å². The first-order valence-electron chi connectivity index (χ1n) is 11.4. The van der Waals surface area contributed by atoms with Crippen LogP contribution in [0.15, 0.2) is 65.6 Å². The number of thiophene rings is 1. The zero-order valence-corrected chi connectivity index (χ0v) is 21.3. The molecule has 1 aliphatic rings. The number of carbonyl (C=O) groups is 2. The van der Waals surface area contributed by atoms with Crippen molar-refractivity contribution in [2.24, 2.45) is 0 Å². The van der Waals surface area contributed by atoms with Gasteiger partial charge in [-0.05, 0) is 66.2 Å². The number of aliphatic hydroxyl groups is 1. The summed E-state index contributed by atoms with van der Waals surface area (Å²) < 4.78 is 11.0. The van der Waals surface area contributed by atoms with Crippen molar-refractivity contribution in [2.75, 3.05) is 18.6 Å². The van der Waals surface area contributed by atoms with E-state index in [4.69, 9.17) is 9.47 Å². The lowest BCUT2D eigenvalue weighted by Crippen LogP contribution is -2.29. The van der Waals surface area contributed by atoms with Crippen molar-refractivity contribution >= 4 is 34.5 Å². The van der Waals surface area contributed by atoms with E-state index in [-0.39, 0.29) is 16.7 Å². The summed E-state index contributed by atoms with van der Waals surface area (Å²) in [6, 6.07) is 15.3. The van der Waals surface area contributed by atoms with Crippen LogP contribution >= 0.6 is 11.3 Å². The van der Waals surface area contributed by atoms with E-state index >= 15 is 0 Å². The minimum Gasteiger partial charge on any atom is -0.507 e. The maximum atomic E-state index is 13.3. The van der Waals surface area contributed by atoms with E-state index in [1.54, 1.807) is 43.5 Å². The summed E-state index contributed by atoms with van der Waals surface area (Å²) in [5.41, 5.74) is 1.71. The first kappa shape index (κ1) is 24.5. The molecule has 4 rings (SSSR count). The molecule has 1 aliphatic heterocycles. The number of ether oxygens (including phenoxy) is 2. The molecule has 0 spiro atoms. The van der Waals surface area contributed by atoms with Crippen LogP contribution in [0.25, 0.3) is 5.76 Å². The molecule has 0 saturated carbocycles. The molecule has 1 amide bonds. The zero-order chi connectivity index (χ0) is 25.3. The van der Waals surface area contributed by atoms with Gasteiger partial charge in [-0.15, -0.1) is 11.3 Å². The third-order valence-electron chi connectivity index (χ3n) is 5.96. The summed E-state index contributed by atoms with van der Waals surface area (Å²) in [6.07, 6.45) is 0. The number of anilines is 1. The van der Waals surface area contributed by atoms with Crippen molar-refractivity contribution in [2.45, 2.75) is 39.2 Å². The fourth-order valence-corrected chi connectivity index (χ4v) is 5.10. The van der Waals surface area contributed by atoms with E-state index in [1.165, 1.54) is 16.2 Å². The number of carbonyl (C=O) groups excluding carboxylic acids is 2. The number of benzene rings is 2. The molecule has 2 heterocycles. The van der Waals surface area contributed by atoms with E-state index in [0.717, 1.165) is 10.4 Å². The van der Waals surface area contributed by atoms with Crippen LogP contribution in [-0.4, -0.2) is 30.5 Å². The van der Waals surface area contributed by atoms with Crippen molar-refractivity contribution < 1.29 is 24.2 Å². The quantitative estimate of drug-likeness (QED) is 0.257. The fraction of sp³-hybridized carbons (Fsp3) is 0.286. The van der Waals surface area contributed by atoms with Gasteiger partial charge in [0.2, 0.25) is 0 Å². The highest BCUT2D eigenvalue weighted by Gasteiger charge is 2.47. The van der Waals surface area contributed by atoms with Gasteiger partial charge in [-0.1, -0.05) is 26.8 Å². The highest BCUT2D eigenvalue weighted by Crippen LogP contribution is 2.44. The van der Waals surface area contributed by atoms with Crippen LogP contribution in [0.5, 0.6) is 11.5 Å².